The highest BCUT2D eigenvalue weighted by atomic mass is 16.3. The summed E-state index contributed by atoms with van der Waals surface area (Å²) in [7, 11) is 0. The zero-order valence-corrected chi connectivity index (χ0v) is 13.8. The van der Waals surface area contributed by atoms with Gasteiger partial charge in [-0.2, -0.15) is 0 Å². The molecule has 1 aromatic carbocycles. The van der Waals surface area contributed by atoms with Crippen molar-refractivity contribution in [3.8, 4) is 0 Å². The summed E-state index contributed by atoms with van der Waals surface area (Å²) in [5.41, 5.74) is 1.31. The molecular formula is C18H29N3O. The average molecular weight is 303 g/mol. The van der Waals surface area contributed by atoms with Crippen LogP contribution in [0, 0.1) is 5.92 Å². The predicted octanol–water partition coefficient (Wildman–Crippen LogP) is 2.51. The maximum atomic E-state index is 9.90. The third-order valence-electron chi connectivity index (χ3n) is 4.39. The molecule has 4 nitrogen and oxygen atoms in total. The van der Waals surface area contributed by atoms with Crippen molar-refractivity contribution in [1.82, 2.24) is 10.6 Å². The minimum atomic E-state index is -0.154. The fraction of sp³-hybridized carbons (Fsp3) is 0.611. The van der Waals surface area contributed by atoms with Gasteiger partial charge >= 0.3 is 0 Å². The summed E-state index contributed by atoms with van der Waals surface area (Å²) < 4.78 is 0. The first-order valence-corrected chi connectivity index (χ1v) is 8.46. The molecule has 2 rings (SSSR count). The largest absolute Gasteiger partial charge is 0.393 e. The smallest absolute Gasteiger partial charge is 0.191 e. The van der Waals surface area contributed by atoms with Crippen LogP contribution < -0.4 is 10.6 Å². The second kappa shape index (κ2) is 8.79. The Kier molecular flexibility index (Phi) is 6.72. The van der Waals surface area contributed by atoms with Gasteiger partial charge in [-0.25, -0.2) is 0 Å². The molecule has 0 radical (unpaired) electrons. The molecule has 3 atom stereocenters. The van der Waals surface area contributed by atoms with Crippen molar-refractivity contribution < 1.29 is 5.11 Å². The molecule has 0 bridgehead atoms. The normalized spacial score (nSPS) is 23.3. The van der Waals surface area contributed by atoms with E-state index in [1.54, 1.807) is 0 Å². The molecule has 1 aliphatic rings. The van der Waals surface area contributed by atoms with Gasteiger partial charge in [-0.3, -0.25) is 4.99 Å². The van der Waals surface area contributed by atoms with Crippen LogP contribution in [0.5, 0.6) is 0 Å². The highest BCUT2D eigenvalue weighted by molar-refractivity contribution is 5.79. The van der Waals surface area contributed by atoms with Crippen molar-refractivity contribution in [2.24, 2.45) is 10.9 Å². The van der Waals surface area contributed by atoms with E-state index in [0.717, 1.165) is 44.9 Å². The molecule has 4 heteroatoms. The molecule has 3 N–H and O–H groups in total. The fourth-order valence-electron chi connectivity index (χ4n) is 2.94. The van der Waals surface area contributed by atoms with Crippen molar-refractivity contribution in [3.05, 3.63) is 35.9 Å². The Hall–Kier alpha value is -1.55. The second-order valence-corrected chi connectivity index (χ2v) is 6.17. The van der Waals surface area contributed by atoms with E-state index in [2.05, 4.69) is 53.7 Å². The van der Waals surface area contributed by atoms with Gasteiger partial charge in [-0.15, -0.1) is 0 Å². The molecular weight excluding hydrogens is 274 g/mol. The van der Waals surface area contributed by atoms with Crippen LogP contribution in [-0.4, -0.2) is 36.8 Å². The second-order valence-electron chi connectivity index (χ2n) is 6.17. The van der Waals surface area contributed by atoms with Gasteiger partial charge in [-0.05, 0) is 25.3 Å². The van der Waals surface area contributed by atoms with Crippen molar-refractivity contribution >= 4 is 5.96 Å². The highest BCUT2D eigenvalue weighted by Crippen LogP contribution is 2.24. The Balaban J connectivity index is 1.86. The van der Waals surface area contributed by atoms with E-state index in [9.17, 15) is 5.11 Å². The SMILES string of the molecule is CCNC(=NCC(C)c1ccccc1)NCC1CCCC1O. The summed E-state index contributed by atoms with van der Waals surface area (Å²) in [6, 6.07) is 10.5. The number of rotatable bonds is 6. The quantitative estimate of drug-likeness (QED) is 0.559. The molecule has 0 heterocycles. The molecule has 0 aliphatic heterocycles. The first-order chi connectivity index (χ1) is 10.7. The number of hydrogen-bond donors (Lipinski definition) is 3. The summed E-state index contributed by atoms with van der Waals surface area (Å²) in [5, 5.41) is 16.6. The third-order valence-corrected chi connectivity index (χ3v) is 4.39. The minimum absolute atomic E-state index is 0.154. The molecule has 1 fully saturated rings. The van der Waals surface area contributed by atoms with Crippen LogP contribution in [0.25, 0.3) is 0 Å². The summed E-state index contributed by atoms with van der Waals surface area (Å²) in [4.78, 5) is 4.69. The predicted molar refractivity (Wildman–Crippen MR) is 92.2 cm³/mol. The molecule has 1 aliphatic carbocycles. The number of hydrogen-bond acceptors (Lipinski definition) is 2. The van der Waals surface area contributed by atoms with E-state index in [-0.39, 0.29) is 6.10 Å². The van der Waals surface area contributed by atoms with E-state index >= 15 is 0 Å². The van der Waals surface area contributed by atoms with Crippen LogP contribution in [-0.2, 0) is 0 Å². The molecule has 0 saturated heterocycles. The Bertz CT molecular complexity index is 461. The highest BCUT2D eigenvalue weighted by Gasteiger charge is 2.24. The van der Waals surface area contributed by atoms with E-state index < -0.39 is 0 Å². The van der Waals surface area contributed by atoms with Crippen LogP contribution >= 0.6 is 0 Å². The summed E-state index contributed by atoms with van der Waals surface area (Å²) >= 11 is 0. The van der Waals surface area contributed by atoms with Gasteiger partial charge in [0.25, 0.3) is 0 Å². The van der Waals surface area contributed by atoms with Crippen LogP contribution in [0.4, 0.5) is 0 Å². The molecule has 1 aromatic rings. The molecule has 1 saturated carbocycles. The lowest BCUT2D eigenvalue weighted by Crippen LogP contribution is -2.41. The summed E-state index contributed by atoms with van der Waals surface area (Å²) in [5.74, 6) is 1.61. The standard InChI is InChI=1S/C18H29N3O/c1-3-19-18(21-13-16-10-7-11-17(16)22)20-12-14(2)15-8-5-4-6-9-15/h4-6,8-9,14,16-17,22H,3,7,10-13H2,1-2H3,(H2,19,20,21). The lowest BCUT2D eigenvalue weighted by Gasteiger charge is -2.18. The number of nitrogens with one attached hydrogen (secondary N) is 2. The Morgan fingerprint density at radius 2 is 2.05 bits per heavy atom. The number of benzene rings is 1. The monoisotopic (exact) mass is 303 g/mol. The van der Waals surface area contributed by atoms with Crippen LogP contribution in [0.2, 0.25) is 0 Å². The lowest BCUT2D eigenvalue weighted by molar-refractivity contribution is 0.134. The Labute approximate surface area is 134 Å². The van der Waals surface area contributed by atoms with Crippen LogP contribution in [0.3, 0.4) is 0 Å². The number of aliphatic hydroxyl groups is 1. The molecule has 0 amide bonds. The molecule has 122 valence electrons. The third kappa shape index (κ3) is 5.02. The summed E-state index contributed by atoms with van der Waals surface area (Å²) in [6.07, 6.45) is 3.02. The average Bonchev–Trinajstić information content (AvgIpc) is 2.96. The van der Waals surface area contributed by atoms with Crippen molar-refractivity contribution in [1.29, 1.82) is 0 Å². The maximum Gasteiger partial charge on any atom is 0.191 e. The molecule has 0 spiro atoms. The first kappa shape index (κ1) is 16.8. The van der Waals surface area contributed by atoms with Crippen LogP contribution in [0.15, 0.2) is 35.3 Å². The van der Waals surface area contributed by atoms with Crippen LogP contribution in [0.1, 0.15) is 44.6 Å². The van der Waals surface area contributed by atoms with Crippen molar-refractivity contribution in [2.45, 2.75) is 45.1 Å². The fourth-order valence-corrected chi connectivity index (χ4v) is 2.94. The number of nitrogens with zero attached hydrogens (tertiary/aromatic N) is 1. The molecule has 0 aromatic heterocycles. The van der Waals surface area contributed by atoms with E-state index in [0.29, 0.717) is 11.8 Å². The van der Waals surface area contributed by atoms with Gasteiger partial charge in [0.2, 0.25) is 0 Å². The summed E-state index contributed by atoms with van der Waals surface area (Å²) in [6.45, 7) is 6.67. The van der Waals surface area contributed by atoms with E-state index in [1.165, 1.54) is 5.56 Å². The van der Waals surface area contributed by atoms with Crippen molar-refractivity contribution in [3.63, 3.8) is 0 Å². The Morgan fingerprint density at radius 1 is 1.27 bits per heavy atom. The minimum Gasteiger partial charge on any atom is -0.393 e. The topological polar surface area (TPSA) is 56.7 Å². The maximum absolute atomic E-state index is 9.90. The van der Waals surface area contributed by atoms with E-state index in [1.807, 2.05) is 6.07 Å². The van der Waals surface area contributed by atoms with Gasteiger partial charge in [-0.1, -0.05) is 43.7 Å². The van der Waals surface area contributed by atoms with Crippen molar-refractivity contribution in [2.75, 3.05) is 19.6 Å². The number of aliphatic imine (C=N–C) groups is 1. The zero-order chi connectivity index (χ0) is 15.8. The van der Waals surface area contributed by atoms with Gasteiger partial charge in [0, 0.05) is 31.5 Å². The molecule has 3 unspecified atom stereocenters. The lowest BCUT2D eigenvalue weighted by atomic mass is 10.0. The Morgan fingerprint density at radius 3 is 2.68 bits per heavy atom. The molecule has 22 heavy (non-hydrogen) atoms. The first-order valence-electron chi connectivity index (χ1n) is 8.46. The van der Waals surface area contributed by atoms with Gasteiger partial charge in [0.05, 0.1) is 6.10 Å². The van der Waals surface area contributed by atoms with Gasteiger partial charge in [0.15, 0.2) is 5.96 Å². The number of guanidine groups is 1. The van der Waals surface area contributed by atoms with E-state index in [4.69, 9.17) is 0 Å². The van der Waals surface area contributed by atoms with Gasteiger partial charge in [0.1, 0.15) is 0 Å². The number of aliphatic hydroxyl groups excluding tert-OH is 1. The van der Waals surface area contributed by atoms with Gasteiger partial charge < -0.3 is 15.7 Å². The zero-order valence-electron chi connectivity index (χ0n) is 13.8.